The van der Waals surface area contributed by atoms with Gasteiger partial charge in [-0.1, -0.05) is 13.2 Å². The first-order chi connectivity index (χ1) is 5.74. The Labute approximate surface area is 75.2 Å². The van der Waals surface area contributed by atoms with Gasteiger partial charge in [-0.3, -0.25) is 0 Å². The first-order valence-electron chi connectivity index (χ1n) is 4.49. The fourth-order valence-electron chi connectivity index (χ4n) is 1.46. The summed E-state index contributed by atoms with van der Waals surface area (Å²) in [5.41, 5.74) is 1.19. The smallest absolute Gasteiger partial charge is 0.0233 e. The molecule has 1 fully saturated rings. The molecular formula is C10H18N2. The van der Waals surface area contributed by atoms with Crippen molar-refractivity contribution in [2.75, 3.05) is 26.7 Å². The zero-order valence-electron chi connectivity index (χ0n) is 7.92. The maximum Gasteiger partial charge on any atom is 0.0233 e. The lowest BCUT2D eigenvalue weighted by Gasteiger charge is -2.28. The molecule has 0 N–H and O–H groups in total. The van der Waals surface area contributed by atoms with Crippen molar-refractivity contribution in [2.45, 2.75) is 12.8 Å². The summed E-state index contributed by atoms with van der Waals surface area (Å²) in [6.45, 7) is 11.2. The predicted molar refractivity (Wildman–Crippen MR) is 52.8 cm³/mol. The van der Waals surface area contributed by atoms with E-state index >= 15 is 0 Å². The van der Waals surface area contributed by atoms with E-state index in [1.807, 2.05) is 6.20 Å². The fraction of sp³-hybridized carbons (Fsp3) is 0.600. The number of hydrogen-bond donors (Lipinski definition) is 0. The molecule has 0 spiro atoms. The van der Waals surface area contributed by atoms with E-state index in [-0.39, 0.29) is 0 Å². The van der Waals surface area contributed by atoms with Gasteiger partial charge in [0, 0.05) is 18.8 Å². The van der Waals surface area contributed by atoms with Crippen LogP contribution in [0.1, 0.15) is 12.8 Å². The third-order valence-corrected chi connectivity index (χ3v) is 2.35. The molecule has 0 saturated carbocycles. The van der Waals surface area contributed by atoms with Gasteiger partial charge < -0.3 is 9.80 Å². The molecule has 2 heteroatoms. The van der Waals surface area contributed by atoms with Crippen LogP contribution in [0, 0.1) is 0 Å². The average Bonchev–Trinajstić information content (AvgIpc) is 2.06. The van der Waals surface area contributed by atoms with Gasteiger partial charge in [-0.25, -0.2) is 0 Å². The lowest BCUT2D eigenvalue weighted by atomic mass is 10.2. The fourth-order valence-corrected chi connectivity index (χ4v) is 1.46. The van der Waals surface area contributed by atoms with Crippen LogP contribution in [0.5, 0.6) is 0 Å². The lowest BCUT2D eigenvalue weighted by Crippen LogP contribution is -2.30. The summed E-state index contributed by atoms with van der Waals surface area (Å²) in [6, 6.07) is 0. The molecule has 1 aliphatic rings. The highest BCUT2D eigenvalue weighted by Gasteiger charge is 2.09. The molecule has 1 saturated heterocycles. The van der Waals surface area contributed by atoms with Crippen LogP contribution in [0.3, 0.4) is 0 Å². The minimum Gasteiger partial charge on any atom is -0.353 e. The second-order valence-corrected chi connectivity index (χ2v) is 3.35. The van der Waals surface area contributed by atoms with Gasteiger partial charge in [-0.05, 0) is 32.6 Å². The molecule has 1 heterocycles. The highest BCUT2D eigenvalue weighted by Crippen LogP contribution is 2.11. The quantitative estimate of drug-likeness (QED) is 0.584. The first-order valence-corrected chi connectivity index (χ1v) is 4.49. The van der Waals surface area contributed by atoms with Gasteiger partial charge >= 0.3 is 0 Å². The molecule has 12 heavy (non-hydrogen) atoms. The molecule has 0 amide bonds. The Morgan fingerprint density at radius 1 is 1.33 bits per heavy atom. The average molecular weight is 166 g/mol. The third-order valence-electron chi connectivity index (χ3n) is 2.35. The molecule has 0 radical (unpaired) electrons. The number of rotatable bonds is 1. The van der Waals surface area contributed by atoms with Crippen molar-refractivity contribution in [3.8, 4) is 0 Å². The highest BCUT2D eigenvalue weighted by atomic mass is 15.2. The van der Waals surface area contributed by atoms with Crippen molar-refractivity contribution in [3.05, 3.63) is 25.1 Å². The second kappa shape index (κ2) is 4.31. The molecule has 68 valence electrons. The largest absolute Gasteiger partial charge is 0.353 e. The van der Waals surface area contributed by atoms with Crippen LogP contribution < -0.4 is 0 Å². The van der Waals surface area contributed by atoms with E-state index in [2.05, 4.69) is 30.0 Å². The summed E-state index contributed by atoms with van der Waals surface area (Å²) in [5, 5.41) is 0. The van der Waals surface area contributed by atoms with Crippen LogP contribution in [0.4, 0.5) is 0 Å². The van der Waals surface area contributed by atoms with Crippen LogP contribution in [-0.2, 0) is 0 Å². The molecule has 1 rings (SSSR count). The summed E-state index contributed by atoms with van der Waals surface area (Å²) in [6.07, 6.45) is 4.14. The van der Waals surface area contributed by atoms with Crippen molar-refractivity contribution in [2.24, 2.45) is 0 Å². The molecule has 0 aromatic rings. The minimum atomic E-state index is 1.06. The van der Waals surface area contributed by atoms with E-state index in [0.29, 0.717) is 0 Å². The Bertz CT molecular complexity index is 175. The molecule has 0 atom stereocenters. The van der Waals surface area contributed by atoms with E-state index in [0.717, 1.165) is 19.5 Å². The molecule has 0 bridgehead atoms. The van der Waals surface area contributed by atoms with Crippen molar-refractivity contribution >= 4 is 0 Å². The Hall–Kier alpha value is -0.760. The highest BCUT2D eigenvalue weighted by molar-refractivity contribution is 4.99. The van der Waals surface area contributed by atoms with Gasteiger partial charge in [0.15, 0.2) is 0 Å². The summed E-state index contributed by atoms with van der Waals surface area (Å²) >= 11 is 0. The Morgan fingerprint density at radius 2 is 2.08 bits per heavy atom. The summed E-state index contributed by atoms with van der Waals surface area (Å²) < 4.78 is 0. The molecule has 0 aromatic heterocycles. The minimum absolute atomic E-state index is 1.06. The predicted octanol–water partition coefficient (Wildman–Crippen LogP) is 1.67. The zero-order chi connectivity index (χ0) is 8.97. The van der Waals surface area contributed by atoms with E-state index in [9.17, 15) is 0 Å². The maximum atomic E-state index is 4.03. The van der Waals surface area contributed by atoms with Crippen LogP contribution >= 0.6 is 0 Å². The molecule has 2 nitrogen and oxygen atoms in total. The normalized spacial score (nSPS) is 21.8. The monoisotopic (exact) mass is 166 g/mol. The molecule has 0 aliphatic carbocycles. The molecule has 0 aromatic carbocycles. The zero-order valence-corrected chi connectivity index (χ0v) is 7.92. The van der Waals surface area contributed by atoms with Gasteiger partial charge in [0.2, 0.25) is 0 Å². The third kappa shape index (κ3) is 2.38. The van der Waals surface area contributed by atoms with Crippen molar-refractivity contribution in [3.63, 3.8) is 0 Å². The van der Waals surface area contributed by atoms with Crippen LogP contribution in [-0.4, -0.2) is 36.5 Å². The van der Waals surface area contributed by atoms with Gasteiger partial charge in [0.25, 0.3) is 0 Å². The number of hydrogen-bond acceptors (Lipinski definition) is 2. The van der Waals surface area contributed by atoms with Crippen LogP contribution in [0.25, 0.3) is 0 Å². The topological polar surface area (TPSA) is 6.48 Å². The molecule has 1 aliphatic heterocycles. The number of nitrogens with zero attached hydrogens (tertiary/aromatic N) is 2. The Kier molecular flexibility index (Phi) is 3.35. The van der Waals surface area contributed by atoms with Crippen molar-refractivity contribution < 1.29 is 0 Å². The molecular weight excluding hydrogens is 148 g/mol. The van der Waals surface area contributed by atoms with E-state index in [1.54, 1.807) is 0 Å². The van der Waals surface area contributed by atoms with Gasteiger partial charge in [-0.15, -0.1) is 0 Å². The lowest BCUT2D eigenvalue weighted by molar-refractivity contribution is 0.278. The van der Waals surface area contributed by atoms with Crippen LogP contribution in [0.2, 0.25) is 0 Å². The van der Waals surface area contributed by atoms with E-state index < -0.39 is 0 Å². The summed E-state index contributed by atoms with van der Waals surface area (Å²) in [4.78, 5) is 4.51. The van der Waals surface area contributed by atoms with Crippen LogP contribution in [0.15, 0.2) is 25.1 Å². The molecule has 0 unspecified atom stereocenters. The standard InChI is InChI=1S/C10H18N2/c1-4-12-8-5-7-11(3)9-6-10(12)2/h4H,1-2,5-9H2,3H3. The second-order valence-electron chi connectivity index (χ2n) is 3.35. The Balaban J connectivity index is 2.49. The van der Waals surface area contributed by atoms with Gasteiger partial charge in [0.1, 0.15) is 0 Å². The van der Waals surface area contributed by atoms with Crippen molar-refractivity contribution in [1.82, 2.24) is 9.80 Å². The van der Waals surface area contributed by atoms with E-state index in [4.69, 9.17) is 0 Å². The Morgan fingerprint density at radius 3 is 2.75 bits per heavy atom. The van der Waals surface area contributed by atoms with Gasteiger partial charge in [0.05, 0.1) is 0 Å². The first kappa shape index (κ1) is 9.33. The summed E-state index contributed by atoms with van der Waals surface area (Å²) in [7, 11) is 2.16. The maximum absolute atomic E-state index is 4.03. The SMILES string of the molecule is C=CN1CCCN(C)CCC1=C. The van der Waals surface area contributed by atoms with Gasteiger partial charge in [-0.2, -0.15) is 0 Å². The summed E-state index contributed by atoms with van der Waals surface area (Å²) in [5.74, 6) is 0. The van der Waals surface area contributed by atoms with Crippen molar-refractivity contribution in [1.29, 1.82) is 0 Å². The van der Waals surface area contributed by atoms with E-state index in [1.165, 1.54) is 18.7 Å².